The summed E-state index contributed by atoms with van der Waals surface area (Å²) in [6.07, 6.45) is 6.09. The van der Waals surface area contributed by atoms with E-state index in [-0.39, 0.29) is 0 Å². The molecule has 0 radical (unpaired) electrons. The summed E-state index contributed by atoms with van der Waals surface area (Å²) in [6.45, 7) is 6.86. The molecule has 0 N–H and O–H groups in total. The number of halogens is 1. The minimum Gasteiger partial charge on any atom is -0.0876 e. The van der Waals surface area contributed by atoms with Crippen LogP contribution in [0.5, 0.6) is 0 Å². The van der Waals surface area contributed by atoms with E-state index in [1.54, 1.807) is 11.1 Å². The molecule has 92 valence electrons. The summed E-state index contributed by atoms with van der Waals surface area (Å²) >= 11 is 3.57. The van der Waals surface area contributed by atoms with E-state index in [1.807, 2.05) is 0 Å². The van der Waals surface area contributed by atoms with Gasteiger partial charge in [-0.3, -0.25) is 0 Å². The second kappa shape index (κ2) is 4.97. The van der Waals surface area contributed by atoms with Crippen molar-refractivity contribution in [3.05, 3.63) is 41.0 Å². The molecule has 0 bridgehead atoms. The van der Waals surface area contributed by atoms with Gasteiger partial charge in [-0.15, -0.1) is 0 Å². The Labute approximate surface area is 113 Å². The Bertz CT molecular complexity index is 441. The molecular weight excluding hydrogens is 272 g/mol. The summed E-state index contributed by atoms with van der Waals surface area (Å²) in [5, 5.41) is 0.933. The molecule has 1 aromatic carbocycles. The zero-order valence-corrected chi connectivity index (χ0v) is 12.6. The summed E-state index contributed by atoms with van der Waals surface area (Å²) in [5.74, 6) is 0. The number of rotatable bonds is 2. The van der Waals surface area contributed by atoms with Gasteiger partial charge in [0, 0.05) is 5.33 Å². The summed E-state index contributed by atoms with van der Waals surface area (Å²) in [5.41, 5.74) is 6.21. The molecule has 0 aliphatic heterocycles. The van der Waals surface area contributed by atoms with Gasteiger partial charge in [0.25, 0.3) is 0 Å². The minimum absolute atomic E-state index is 0.342. The number of benzene rings is 1. The Morgan fingerprint density at radius 2 is 2.18 bits per heavy atom. The van der Waals surface area contributed by atoms with Crippen molar-refractivity contribution >= 4 is 21.5 Å². The van der Waals surface area contributed by atoms with Crippen LogP contribution in [0.3, 0.4) is 0 Å². The first-order chi connectivity index (χ1) is 8.08. The Morgan fingerprint density at radius 3 is 2.82 bits per heavy atom. The highest BCUT2D eigenvalue weighted by Gasteiger charge is 2.27. The summed E-state index contributed by atoms with van der Waals surface area (Å²) < 4.78 is 0. The predicted molar refractivity (Wildman–Crippen MR) is 79.9 cm³/mol. The van der Waals surface area contributed by atoms with E-state index in [4.69, 9.17) is 0 Å². The number of alkyl halides is 1. The van der Waals surface area contributed by atoms with E-state index in [0.717, 1.165) is 5.33 Å². The van der Waals surface area contributed by atoms with Crippen LogP contribution < -0.4 is 0 Å². The molecule has 0 saturated heterocycles. The van der Waals surface area contributed by atoms with Gasteiger partial charge in [-0.05, 0) is 53.9 Å². The number of hydrogen-bond acceptors (Lipinski definition) is 0. The molecule has 0 atom stereocenters. The third-order valence-electron chi connectivity index (χ3n) is 3.95. The van der Waals surface area contributed by atoms with Gasteiger partial charge in [0.15, 0.2) is 0 Å². The van der Waals surface area contributed by atoms with Crippen molar-refractivity contribution in [1.29, 1.82) is 0 Å². The molecule has 0 nitrogen and oxygen atoms in total. The van der Waals surface area contributed by atoms with Gasteiger partial charge < -0.3 is 0 Å². The zero-order valence-electron chi connectivity index (χ0n) is 11.0. The van der Waals surface area contributed by atoms with E-state index in [9.17, 15) is 0 Å². The van der Waals surface area contributed by atoms with Crippen molar-refractivity contribution in [2.24, 2.45) is 0 Å². The first-order valence-electron chi connectivity index (χ1n) is 6.43. The van der Waals surface area contributed by atoms with Crippen LogP contribution in [0.1, 0.15) is 50.3 Å². The topological polar surface area (TPSA) is 0 Å². The fraction of sp³-hybridized carbons (Fsp3) is 0.500. The van der Waals surface area contributed by atoms with Crippen LogP contribution in [0.15, 0.2) is 24.3 Å². The van der Waals surface area contributed by atoms with Crippen molar-refractivity contribution in [2.45, 2.75) is 45.4 Å². The fourth-order valence-corrected chi connectivity index (χ4v) is 3.45. The van der Waals surface area contributed by atoms with Gasteiger partial charge in [0.1, 0.15) is 0 Å². The molecule has 0 heterocycles. The molecule has 0 unspecified atom stereocenters. The molecule has 0 spiro atoms. The molecule has 1 heteroatoms. The quantitative estimate of drug-likeness (QED) is 0.666. The SMILES string of the molecule is C/C=C(/CBr)c1ccc2c(c1)C(C)(C)CCC2. The highest BCUT2D eigenvalue weighted by molar-refractivity contribution is 9.09. The van der Waals surface area contributed by atoms with Crippen molar-refractivity contribution in [3.8, 4) is 0 Å². The van der Waals surface area contributed by atoms with Crippen molar-refractivity contribution < 1.29 is 0 Å². The molecule has 2 rings (SSSR count). The molecular formula is C16H21Br. The molecule has 1 aromatic rings. The molecule has 0 saturated carbocycles. The standard InChI is InChI=1S/C16H21Br/c1-4-12(11-17)14-8-7-13-6-5-9-16(2,3)15(13)10-14/h4,7-8,10H,5-6,9,11H2,1-3H3/b12-4-. The lowest BCUT2D eigenvalue weighted by atomic mass is 9.72. The smallest absolute Gasteiger partial charge is 0.0285 e. The largest absolute Gasteiger partial charge is 0.0876 e. The first-order valence-corrected chi connectivity index (χ1v) is 7.55. The lowest BCUT2D eigenvalue weighted by Crippen LogP contribution is -2.23. The maximum Gasteiger partial charge on any atom is 0.0285 e. The van der Waals surface area contributed by atoms with E-state index in [1.165, 1.54) is 30.4 Å². The van der Waals surface area contributed by atoms with Crippen molar-refractivity contribution in [2.75, 3.05) is 5.33 Å². The average Bonchev–Trinajstić information content (AvgIpc) is 2.31. The predicted octanol–water partition coefficient (Wildman–Crippen LogP) is 5.10. The first kappa shape index (κ1) is 12.9. The minimum atomic E-state index is 0.342. The van der Waals surface area contributed by atoms with Crippen molar-refractivity contribution in [1.82, 2.24) is 0 Å². The monoisotopic (exact) mass is 292 g/mol. The molecule has 17 heavy (non-hydrogen) atoms. The van der Waals surface area contributed by atoms with Crippen LogP contribution in [0.4, 0.5) is 0 Å². The zero-order chi connectivity index (χ0) is 12.5. The van der Waals surface area contributed by atoms with Crippen LogP contribution >= 0.6 is 15.9 Å². The van der Waals surface area contributed by atoms with Gasteiger partial charge in [-0.1, -0.05) is 54.1 Å². The number of aryl methyl sites for hydroxylation is 1. The Morgan fingerprint density at radius 1 is 1.41 bits per heavy atom. The lowest BCUT2D eigenvalue weighted by molar-refractivity contribution is 0.432. The highest BCUT2D eigenvalue weighted by Crippen LogP contribution is 2.38. The summed E-state index contributed by atoms with van der Waals surface area (Å²) in [4.78, 5) is 0. The Hall–Kier alpha value is -0.560. The summed E-state index contributed by atoms with van der Waals surface area (Å²) in [7, 11) is 0. The second-order valence-corrected chi connectivity index (χ2v) is 6.12. The molecule has 0 amide bonds. The highest BCUT2D eigenvalue weighted by atomic mass is 79.9. The van der Waals surface area contributed by atoms with Gasteiger partial charge in [0.05, 0.1) is 0 Å². The molecule has 1 aliphatic carbocycles. The molecule has 0 fully saturated rings. The molecule has 0 aromatic heterocycles. The van der Waals surface area contributed by atoms with Crippen molar-refractivity contribution in [3.63, 3.8) is 0 Å². The van der Waals surface area contributed by atoms with Crippen LogP contribution in [-0.4, -0.2) is 5.33 Å². The Balaban J connectivity index is 2.48. The maximum absolute atomic E-state index is 3.57. The second-order valence-electron chi connectivity index (χ2n) is 5.56. The summed E-state index contributed by atoms with van der Waals surface area (Å²) in [6, 6.07) is 7.01. The molecule has 1 aliphatic rings. The van der Waals surface area contributed by atoms with Gasteiger partial charge >= 0.3 is 0 Å². The van der Waals surface area contributed by atoms with Crippen LogP contribution in [-0.2, 0) is 11.8 Å². The van der Waals surface area contributed by atoms with E-state index < -0.39 is 0 Å². The third-order valence-corrected chi connectivity index (χ3v) is 4.55. The Kier molecular flexibility index (Phi) is 3.77. The third kappa shape index (κ3) is 2.49. The van der Waals surface area contributed by atoms with E-state index in [0.29, 0.717) is 5.41 Å². The van der Waals surface area contributed by atoms with Gasteiger partial charge in [-0.25, -0.2) is 0 Å². The van der Waals surface area contributed by atoms with Crippen LogP contribution in [0, 0.1) is 0 Å². The average molecular weight is 293 g/mol. The number of allylic oxidation sites excluding steroid dienone is 2. The van der Waals surface area contributed by atoms with E-state index in [2.05, 4.69) is 61.0 Å². The number of fused-ring (bicyclic) bond motifs is 1. The van der Waals surface area contributed by atoms with E-state index >= 15 is 0 Å². The van der Waals surface area contributed by atoms with Gasteiger partial charge in [-0.2, -0.15) is 0 Å². The fourth-order valence-electron chi connectivity index (χ4n) is 2.80. The maximum atomic E-state index is 3.57. The lowest BCUT2D eigenvalue weighted by Gasteiger charge is -2.33. The number of hydrogen-bond donors (Lipinski definition) is 0. The van der Waals surface area contributed by atoms with Crippen LogP contribution in [0.25, 0.3) is 5.57 Å². The normalized spacial score (nSPS) is 18.9. The van der Waals surface area contributed by atoms with Gasteiger partial charge in [0.2, 0.25) is 0 Å². The van der Waals surface area contributed by atoms with Crippen LogP contribution in [0.2, 0.25) is 0 Å².